The van der Waals surface area contributed by atoms with Crippen LogP contribution in [0.15, 0.2) is 72.0 Å². The minimum absolute atomic E-state index is 0.0570. The molecular formula is C23H17Cl3N2O2. The number of halogens is 3. The summed E-state index contributed by atoms with van der Waals surface area (Å²) in [5.74, 6) is -0.0913. The van der Waals surface area contributed by atoms with Gasteiger partial charge in [-0.15, -0.1) is 6.58 Å². The van der Waals surface area contributed by atoms with Gasteiger partial charge in [-0.3, -0.25) is 9.69 Å². The van der Waals surface area contributed by atoms with Gasteiger partial charge in [0.2, 0.25) is 0 Å². The van der Waals surface area contributed by atoms with Crippen LogP contribution in [-0.4, -0.2) is 18.4 Å². The zero-order valence-electron chi connectivity index (χ0n) is 15.8. The van der Waals surface area contributed by atoms with Crippen molar-refractivity contribution in [2.75, 3.05) is 11.4 Å². The number of nitrogens with zero attached hydrogens (tertiary/aromatic N) is 1. The summed E-state index contributed by atoms with van der Waals surface area (Å²) in [7, 11) is 0. The van der Waals surface area contributed by atoms with E-state index in [2.05, 4.69) is 11.9 Å². The highest BCUT2D eigenvalue weighted by atomic mass is 35.5. The molecule has 1 heterocycles. The number of amides is 2. The van der Waals surface area contributed by atoms with Gasteiger partial charge in [0, 0.05) is 34.0 Å². The van der Waals surface area contributed by atoms with Gasteiger partial charge >= 0.3 is 6.03 Å². The highest BCUT2D eigenvalue weighted by molar-refractivity contribution is 6.40. The van der Waals surface area contributed by atoms with Crippen molar-refractivity contribution in [1.82, 2.24) is 5.32 Å². The van der Waals surface area contributed by atoms with Crippen molar-refractivity contribution >= 4 is 57.9 Å². The van der Waals surface area contributed by atoms with Crippen LogP contribution in [0.2, 0.25) is 15.1 Å². The Morgan fingerprint density at radius 3 is 2.33 bits per heavy atom. The first-order valence-electron chi connectivity index (χ1n) is 9.30. The maximum Gasteiger partial charge on any atom is 0.326 e. The van der Waals surface area contributed by atoms with Crippen molar-refractivity contribution in [3.63, 3.8) is 0 Å². The average molecular weight is 460 g/mol. The van der Waals surface area contributed by atoms with Crippen LogP contribution in [0.5, 0.6) is 0 Å². The second-order valence-electron chi connectivity index (χ2n) is 6.92. The summed E-state index contributed by atoms with van der Waals surface area (Å²) in [6.07, 6.45) is 2.15. The topological polar surface area (TPSA) is 49.4 Å². The zero-order chi connectivity index (χ0) is 21.4. The molecule has 0 radical (unpaired) electrons. The quantitative estimate of drug-likeness (QED) is 0.535. The smallest absolute Gasteiger partial charge is 0.326 e. The first kappa shape index (κ1) is 20.7. The first-order valence-corrected chi connectivity index (χ1v) is 10.4. The van der Waals surface area contributed by atoms with E-state index in [1.54, 1.807) is 30.3 Å². The van der Waals surface area contributed by atoms with Gasteiger partial charge in [-0.2, -0.15) is 0 Å². The Kier molecular flexibility index (Phi) is 5.74. The van der Waals surface area contributed by atoms with Gasteiger partial charge in [-0.1, -0.05) is 65.1 Å². The molecule has 1 aliphatic heterocycles. The van der Waals surface area contributed by atoms with Crippen LogP contribution in [0, 0.1) is 0 Å². The molecule has 7 heteroatoms. The van der Waals surface area contributed by atoms with Crippen LogP contribution in [0.4, 0.5) is 10.5 Å². The SMILES string of the molecule is C=CCC1=C(c2ccccc2Cl)C2=C(CC1=O)N(c1c(Cl)cccc1Cl)C(=O)NC2. The van der Waals surface area contributed by atoms with Crippen molar-refractivity contribution in [3.05, 3.63) is 92.6 Å². The lowest BCUT2D eigenvalue weighted by Crippen LogP contribution is -2.47. The van der Waals surface area contributed by atoms with Gasteiger partial charge in [0.25, 0.3) is 0 Å². The highest BCUT2D eigenvalue weighted by Gasteiger charge is 2.38. The predicted octanol–water partition coefficient (Wildman–Crippen LogP) is 6.43. The third-order valence-electron chi connectivity index (χ3n) is 5.16. The molecule has 152 valence electrons. The third-order valence-corrected chi connectivity index (χ3v) is 6.10. The minimum Gasteiger partial charge on any atom is -0.333 e. The van der Waals surface area contributed by atoms with Crippen molar-refractivity contribution in [3.8, 4) is 0 Å². The van der Waals surface area contributed by atoms with E-state index in [1.807, 2.05) is 18.2 Å². The van der Waals surface area contributed by atoms with E-state index < -0.39 is 0 Å². The molecule has 0 saturated carbocycles. The number of para-hydroxylation sites is 1. The van der Waals surface area contributed by atoms with Crippen molar-refractivity contribution in [2.24, 2.45) is 0 Å². The predicted molar refractivity (Wildman–Crippen MR) is 122 cm³/mol. The normalized spacial score (nSPS) is 16.6. The molecule has 0 atom stereocenters. The molecule has 0 saturated heterocycles. The number of hydrogen-bond donors (Lipinski definition) is 1. The summed E-state index contributed by atoms with van der Waals surface area (Å²) in [4.78, 5) is 27.5. The number of carbonyl (C=O) groups is 2. The number of Topliss-reactive ketones (excluding diaryl/α,β-unsaturated/α-hetero) is 1. The molecule has 2 amide bonds. The number of allylic oxidation sites excluding steroid dienone is 3. The molecule has 0 unspecified atom stereocenters. The number of ketones is 1. The summed E-state index contributed by atoms with van der Waals surface area (Å²) in [6, 6.07) is 12.0. The monoisotopic (exact) mass is 458 g/mol. The molecule has 4 rings (SSSR count). The van der Waals surface area contributed by atoms with Gasteiger partial charge in [-0.05, 0) is 30.2 Å². The number of anilines is 1. The number of carbonyl (C=O) groups excluding carboxylic acids is 2. The van der Waals surface area contributed by atoms with E-state index in [0.29, 0.717) is 38.4 Å². The maximum absolute atomic E-state index is 13.2. The Labute approximate surface area is 189 Å². The third kappa shape index (κ3) is 3.45. The standard InChI is InChI=1S/C23H17Cl3N2O2/c1-2-6-14-20(29)11-19-15(21(14)13-7-3-4-8-16(13)24)12-27-23(30)28(19)22-17(25)9-5-10-18(22)26/h2-5,7-10H,1,6,11-12H2,(H,27,30). The van der Waals surface area contributed by atoms with E-state index in [-0.39, 0.29) is 24.8 Å². The van der Waals surface area contributed by atoms with Gasteiger partial charge in [0.15, 0.2) is 5.78 Å². The molecule has 0 bridgehead atoms. The van der Waals surface area contributed by atoms with Crippen LogP contribution in [-0.2, 0) is 4.79 Å². The Morgan fingerprint density at radius 2 is 1.67 bits per heavy atom. The molecule has 0 spiro atoms. The number of urea groups is 1. The molecule has 2 aliphatic rings. The Balaban J connectivity index is 2.01. The van der Waals surface area contributed by atoms with Crippen molar-refractivity contribution < 1.29 is 9.59 Å². The molecule has 1 aliphatic carbocycles. The molecule has 4 nitrogen and oxygen atoms in total. The highest BCUT2D eigenvalue weighted by Crippen LogP contribution is 2.45. The Hall–Kier alpha value is -2.53. The molecule has 0 fully saturated rings. The maximum atomic E-state index is 13.2. The minimum atomic E-state index is -0.387. The van der Waals surface area contributed by atoms with E-state index in [4.69, 9.17) is 34.8 Å². The summed E-state index contributed by atoms with van der Waals surface area (Å²) < 4.78 is 0. The number of nitrogens with one attached hydrogen (secondary N) is 1. The van der Waals surface area contributed by atoms with Crippen LogP contribution < -0.4 is 10.2 Å². The molecule has 2 aromatic carbocycles. The lowest BCUT2D eigenvalue weighted by molar-refractivity contribution is -0.115. The van der Waals surface area contributed by atoms with E-state index in [0.717, 1.165) is 16.7 Å². The summed E-state index contributed by atoms with van der Waals surface area (Å²) in [6.45, 7) is 4.06. The Morgan fingerprint density at radius 1 is 1.00 bits per heavy atom. The summed E-state index contributed by atoms with van der Waals surface area (Å²) in [5, 5.41) is 4.04. The zero-order valence-corrected chi connectivity index (χ0v) is 18.1. The van der Waals surface area contributed by atoms with Crippen LogP contribution in [0.1, 0.15) is 18.4 Å². The second kappa shape index (κ2) is 8.31. The lowest BCUT2D eigenvalue weighted by Gasteiger charge is -2.37. The fourth-order valence-electron chi connectivity index (χ4n) is 3.89. The fraction of sp³-hybridized carbons (Fsp3) is 0.130. The van der Waals surface area contributed by atoms with E-state index in [1.165, 1.54) is 4.90 Å². The summed E-state index contributed by atoms with van der Waals surface area (Å²) >= 11 is 19.3. The average Bonchev–Trinajstić information content (AvgIpc) is 2.71. The number of hydrogen-bond acceptors (Lipinski definition) is 2. The van der Waals surface area contributed by atoms with Crippen molar-refractivity contribution in [2.45, 2.75) is 12.8 Å². The number of benzene rings is 2. The van der Waals surface area contributed by atoms with Gasteiger partial charge in [0.05, 0.1) is 22.2 Å². The molecule has 2 aromatic rings. The number of rotatable bonds is 4. The molecule has 30 heavy (non-hydrogen) atoms. The Bertz CT molecular complexity index is 1130. The largest absolute Gasteiger partial charge is 0.333 e. The van der Waals surface area contributed by atoms with Gasteiger partial charge < -0.3 is 5.32 Å². The van der Waals surface area contributed by atoms with Crippen LogP contribution in [0.25, 0.3) is 5.57 Å². The fourth-order valence-corrected chi connectivity index (χ4v) is 4.69. The lowest BCUT2D eigenvalue weighted by atomic mass is 9.81. The molecule has 1 N–H and O–H groups in total. The van der Waals surface area contributed by atoms with E-state index >= 15 is 0 Å². The van der Waals surface area contributed by atoms with E-state index in [9.17, 15) is 9.59 Å². The second-order valence-corrected chi connectivity index (χ2v) is 8.14. The molecular weight excluding hydrogens is 443 g/mol. The molecule has 0 aromatic heterocycles. The summed E-state index contributed by atoms with van der Waals surface area (Å²) in [5.41, 5.74) is 3.80. The van der Waals surface area contributed by atoms with Crippen LogP contribution in [0.3, 0.4) is 0 Å². The first-order chi connectivity index (χ1) is 14.4. The van der Waals surface area contributed by atoms with Gasteiger partial charge in [-0.25, -0.2) is 4.79 Å². The van der Waals surface area contributed by atoms with Crippen LogP contribution >= 0.6 is 34.8 Å². The van der Waals surface area contributed by atoms with Crippen molar-refractivity contribution in [1.29, 1.82) is 0 Å². The van der Waals surface area contributed by atoms with Gasteiger partial charge in [0.1, 0.15) is 0 Å².